The molecule has 3 rings (SSSR count). The van der Waals surface area contributed by atoms with Gasteiger partial charge in [0.15, 0.2) is 0 Å². The van der Waals surface area contributed by atoms with E-state index in [2.05, 4.69) is 10.1 Å². The van der Waals surface area contributed by atoms with E-state index in [0.717, 1.165) is 31.6 Å². The van der Waals surface area contributed by atoms with Gasteiger partial charge >= 0.3 is 5.97 Å². The number of fused-ring (bicyclic) bond motifs is 2. The van der Waals surface area contributed by atoms with Gasteiger partial charge in [0.1, 0.15) is 0 Å². The average Bonchev–Trinajstić information content (AvgIpc) is 3.08. The van der Waals surface area contributed by atoms with Crippen molar-refractivity contribution in [2.45, 2.75) is 45.1 Å². The third-order valence-electron chi connectivity index (χ3n) is 5.30. The molecule has 3 aliphatic rings. The first-order chi connectivity index (χ1) is 9.74. The van der Waals surface area contributed by atoms with Gasteiger partial charge in [-0.1, -0.05) is 5.16 Å². The number of piperidine rings is 1. The summed E-state index contributed by atoms with van der Waals surface area (Å²) >= 11 is 0. The minimum atomic E-state index is -0.0452. The fourth-order valence-corrected chi connectivity index (χ4v) is 4.35. The second-order valence-corrected chi connectivity index (χ2v) is 6.30. The normalized spacial score (nSPS) is 36.6. The number of rotatable bonds is 3. The second-order valence-electron chi connectivity index (χ2n) is 6.30. The van der Waals surface area contributed by atoms with Crippen LogP contribution in [0.15, 0.2) is 5.16 Å². The van der Waals surface area contributed by atoms with Crippen LogP contribution in [0.3, 0.4) is 0 Å². The van der Waals surface area contributed by atoms with Crippen LogP contribution in [0.25, 0.3) is 0 Å². The predicted octanol–water partition coefficient (Wildman–Crippen LogP) is 1.89. The topological polar surface area (TPSA) is 62.1 Å². The molecule has 112 valence electrons. The number of hydrogen-bond donors (Lipinski definition) is 1. The first-order valence-corrected chi connectivity index (χ1v) is 7.87. The summed E-state index contributed by atoms with van der Waals surface area (Å²) in [5.41, 5.74) is 0.996. The van der Waals surface area contributed by atoms with Gasteiger partial charge in [-0.3, -0.25) is 9.69 Å². The van der Waals surface area contributed by atoms with Gasteiger partial charge in [0, 0.05) is 5.92 Å². The van der Waals surface area contributed by atoms with E-state index in [4.69, 9.17) is 4.74 Å². The average molecular weight is 280 g/mol. The molecule has 20 heavy (non-hydrogen) atoms. The third-order valence-corrected chi connectivity index (χ3v) is 5.30. The van der Waals surface area contributed by atoms with E-state index in [9.17, 15) is 10.0 Å². The quantitative estimate of drug-likeness (QED) is 0.487. The maximum atomic E-state index is 11.8. The number of ether oxygens (including phenoxy) is 1. The number of hydrogen-bond acceptors (Lipinski definition) is 5. The van der Waals surface area contributed by atoms with Crippen LogP contribution in [0.1, 0.15) is 39.0 Å². The molecule has 0 unspecified atom stereocenters. The summed E-state index contributed by atoms with van der Waals surface area (Å²) in [5, 5.41) is 12.9. The molecule has 0 aromatic rings. The SMILES string of the molecule is CCOC(=O)C1CCN([C@@H]2/C(=N\O)[C@H]3CC[C@@H]2C3)CC1. The van der Waals surface area contributed by atoms with Crippen molar-refractivity contribution in [2.75, 3.05) is 19.7 Å². The van der Waals surface area contributed by atoms with E-state index in [0.29, 0.717) is 24.5 Å². The van der Waals surface area contributed by atoms with E-state index in [-0.39, 0.29) is 11.9 Å². The molecule has 0 radical (unpaired) electrons. The number of esters is 1. The van der Waals surface area contributed by atoms with Crippen molar-refractivity contribution >= 4 is 11.7 Å². The lowest BCUT2D eigenvalue weighted by atomic mass is 9.88. The Morgan fingerprint density at radius 3 is 2.75 bits per heavy atom. The zero-order valence-electron chi connectivity index (χ0n) is 12.1. The van der Waals surface area contributed by atoms with Crippen LogP contribution in [-0.4, -0.2) is 47.5 Å². The Balaban J connectivity index is 1.60. The molecule has 3 atom stereocenters. The Bertz CT molecular complexity index is 402. The van der Waals surface area contributed by atoms with Crippen LogP contribution in [0.2, 0.25) is 0 Å². The Hall–Kier alpha value is -1.10. The predicted molar refractivity (Wildman–Crippen MR) is 74.8 cm³/mol. The first-order valence-electron chi connectivity index (χ1n) is 7.87. The van der Waals surface area contributed by atoms with Crippen molar-refractivity contribution in [1.82, 2.24) is 4.90 Å². The monoisotopic (exact) mass is 280 g/mol. The Morgan fingerprint density at radius 1 is 1.35 bits per heavy atom. The highest BCUT2D eigenvalue weighted by molar-refractivity contribution is 5.94. The summed E-state index contributed by atoms with van der Waals surface area (Å²) in [4.78, 5) is 14.2. The molecule has 0 aromatic carbocycles. The van der Waals surface area contributed by atoms with Gasteiger partial charge in [0.25, 0.3) is 0 Å². The lowest BCUT2D eigenvalue weighted by Crippen LogP contribution is -2.49. The molecular weight excluding hydrogens is 256 g/mol. The largest absolute Gasteiger partial charge is 0.466 e. The molecule has 0 aromatic heterocycles. The zero-order chi connectivity index (χ0) is 14.1. The first kappa shape index (κ1) is 13.9. The molecule has 0 amide bonds. The van der Waals surface area contributed by atoms with Gasteiger partial charge in [0.05, 0.1) is 24.3 Å². The van der Waals surface area contributed by atoms with Crippen LogP contribution in [0, 0.1) is 17.8 Å². The summed E-state index contributed by atoms with van der Waals surface area (Å²) in [6.45, 7) is 4.14. The number of nitrogens with zero attached hydrogens (tertiary/aromatic N) is 2. The number of oxime groups is 1. The number of likely N-dealkylation sites (tertiary alicyclic amines) is 1. The molecule has 1 saturated heterocycles. The summed E-state index contributed by atoms with van der Waals surface area (Å²) in [7, 11) is 0. The van der Waals surface area contributed by atoms with Gasteiger partial charge in [-0.2, -0.15) is 0 Å². The van der Waals surface area contributed by atoms with Gasteiger partial charge in [-0.05, 0) is 58.0 Å². The highest BCUT2D eigenvalue weighted by atomic mass is 16.5. The van der Waals surface area contributed by atoms with Gasteiger partial charge in [0.2, 0.25) is 0 Å². The molecule has 5 heteroatoms. The van der Waals surface area contributed by atoms with E-state index in [1.807, 2.05) is 6.92 Å². The van der Waals surface area contributed by atoms with Gasteiger partial charge in [-0.25, -0.2) is 0 Å². The van der Waals surface area contributed by atoms with Crippen molar-refractivity contribution in [3.63, 3.8) is 0 Å². The van der Waals surface area contributed by atoms with Gasteiger partial charge < -0.3 is 9.94 Å². The van der Waals surface area contributed by atoms with Crippen LogP contribution >= 0.6 is 0 Å². The standard InChI is InChI=1S/C15H24N2O3/c1-2-20-15(18)10-5-7-17(8-6-10)14-12-4-3-11(9-12)13(14)16-19/h10-12,14,19H,2-9H2,1H3/b16-13-/t11-,12+,14-/m0/s1. The van der Waals surface area contributed by atoms with Crippen molar-refractivity contribution in [3.8, 4) is 0 Å². The molecule has 3 fully saturated rings. The molecule has 2 saturated carbocycles. The third kappa shape index (κ3) is 2.32. The van der Waals surface area contributed by atoms with Crippen molar-refractivity contribution in [2.24, 2.45) is 22.9 Å². The minimum absolute atomic E-state index is 0.0452. The second kappa shape index (κ2) is 5.72. The molecule has 5 nitrogen and oxygen atoms in total. The maximum absolute atomic E-state index is 11.8. The Kier molecular flexibility index (Phi) is 3.96. The number of carbonyl (C=O) groups excluding carboxylic acids is 1. The number of carbonyl (C=O) groups is 1. The smallest absolute Gasteiger partial charge is 0.309 e. The summed E-state index contributed by atoms with van der Waals surface area (Å²) in [6, 6.07) is 0.321. The molecular formula is C15H24N2O3. The van der Waals surface area contributed by atoms with E-state index in [1.165, 1.54) is 19.3 Å². The lowest BCUT2D eigenvalue weighted by Gasteiger charge is -2.39. The molecule has 1 heterocycles. The molecule has 2 aliphatic carbocycles. The highest BCUT2D eigenvalue weighted by Gasteiger charge is 2.48. The van der Waals surface area contributed by atoms with Crippen molar-refractivity contribution < 1.29 is 14.7 Å². The van der Waals surface area contributed by atoms with E-state index < -0.39 is 0 Å². The van der Waals surface area contributed by atoms with Crippen LogP contribution in [0.5, 0.6) is 0 Å². The molecule has 2 bridgehead atoms. The Morgan fingerprint density at radius 2 is 2.10 bits per heavy atom. The lowest BCUT2D eigenvalue weighted by molar-refractivity contribution is -0.149. The molecule has 0 spiro atoms. The summed E-state index contributed by atoms with van der Waals surface area (Å²) in [5.74, 6) is 1.17. The summed E-state index contributed by atoms with van der Waals surface area (Å²) in [6.07, 6.45) is 5.35. The minimum Gasteiger partial charge on any atom is -0.466 e. The van der Waals surface area contributed by atoms with Crippen LogP contribution in [-0.2, 0) is 9.53 Å². The van der Waals surface area contributed by atoms with Gasteiger partial charge in [-0.15, -0.1) is 0 Å². The fraction of sp³-hybridized carbons (Fsp3) is 0.867. The zero-order valence-corrected chi connectivity index (χ0v) is 12.1. The van der Waals surface area contributed by atoms with E-state index >= 15 is 0 Å². The van der Waals surface area contributed by atoms with Crippen molar-refractivity contribution in [1.29, 1.82) is 0 Å². The fourth-order valence-electron chi connectivity index (χ4n) is 4.35. The molecule has 1 aliphatic heterocycles. The highest BCUT2D eigenvalue weighted by Crippen LogP contribution is 2.45. The van der Waals surface area contributed by atoms with E-state index in [1.54, 1.807) is 0 Å². The summed E-state index contributed by atoms with van der Waals surface area (Å²) < 4.78 is 5.11. The molecule has 1 N–H and O–H groups in total. The maximum Gasteiger partial charge on any atom is 0.309 e. The van der Waals surface area contributed by atoms with Crippen LogP contribution < -0.4 is 0 Å². The van der Waals surface area contributed by atoms with Crippen LogP contribution in [0.4, 0.5) is 0 Å². The van der Waals surface area contributed by atoms with Crippen molar-refractivity contribution in [3.05, 3.63) is 0 Å². The Labute approximate surface area is 120 Å².